The maximum atomic E-state index is 15.4. The smallest absolute Gasteiger partial charge is 0.324 e. The molecule has 2 aliphatic heterocycles. The second kappa shape index (κ2) is 10.7. The molecule has 0 spiro atoms. The maximum absolute atomic E-state index is 15.4. The third-order valence-corrected chi connectivity index (χ3v) is 6.75. The monoisotopic (exact) mass is 552 g/mol. The quantitative estimate of drug-likeness (QED) is 0.492. The Kier molecular flexibility index (Phi) is 7.32. The molecule has 0 unspecified atom stereocenters. The Hall–Kier alpha value is -4.26. The number of likely N-dealkylation sites (N-methyl/N-ethyl adjacent to an activating group) is 1. The Morgan fingerprint density at radius 2 is 2.05 bits per heavy atom. The van der Waals surface area contributed by atoms with E-state index >= 15 is 4.39 Å². The van der Waals surface area contributed by atoms with Crippen LogP contribution in [0, 0.1) is 5.82 Å². The molecule has 1 fully saturated rings. The Bertz CT molecular complexity index is 1440. The van der Waals surface area contributed by atoms with E-state index in [1.54, 1.807) is 28.8 Å². The van der Waals surface area contributed by atoms with Crippen molar-refractivity contribution in [2.75, 3.05) is 48.4 Å². The van der Waals surface area contributed by atoms with Crippen molar-refractivity contribution in [3.05, 3.63) is 42.1 Å². The fraction of sp³-hybridized carbons (Fsp3) is 0.444. The van der Waals surface area contributed by atoms with E-state index in [0.29, 0.717) is 50.2 Å². The van der Waals surface area contributed by atoms with Gasteiger partial charge in [-0.2, -0.15) is 4.98 Å². The van der Waals surface area contributed by atoms with Crippen LogP contribution in [0.5, 0.6) is 5.88 Å². The number of fused-ring (bicyclic) bond motifs is 1. The van der Waals surface area contributed by atoms with Crippen LogP contribution in [0.1, 0.15) is 38.1 Å². The molecule has 2 aliphatic rings. The van der Waals surface area contributed by atoms with Gasteiger partial charge < -0.3 is 29.2 Å². The van der Waals surface area contributed by atoms with Crippen molar-refractivity contribution < 1.29 is 23.5 Å². The van der Waals surface area contributed by atoms with Crippen LogP contribution in [0.25, 0.3) is 11.3 Å². The first-order valence-corrected chi connectivity index (χ1v) is 13.1. The first kappa shape index (κ1) is 27.3. The molecule has 5 rings (SSSR count). The van der Waals surface area contributed by atoms with Gasteiger partial charge in [-0.3, -0.25) is 10.1 Å². The molecule has 1 saturated heterocycles. The topological polar surface area (TPSA) is 127 Å². The fourth-order valence-corrected chi connectivity index (χ4v) is 4.81. The minimum atomic E-state index is -0.712. The molecule has 3 aromatic rings. The van der Waals surface area contributed by atoms with Gasteiger partial charge in [-0.15, -0.1) is 0 Å². The van der Waals surface area contributed by atoms with Crippen molar-refractivity contribution in [2.24, 2.45) is 7.05 Å². The summed E-state index contributed by atoms with van der Waals surface area (Å²) < 4.78 is 28.9. The number of aryl methyl sites for hydroxylation is 1. The molecular weight excluding hydrogens is 519 g/mol. The Labute approximate surface area is 231 Å². The van der Waals surface area contributed by atoms with Crippen LogP contribution >= 0.6 is 0 Å². The SMILES string of the molecule is CCN1CC(C)(C)Oc2nc(N3CCOC[C@@H]3C)nc(-c3ccc(NC(=O)Nc4cn(C)cn4)c(F)c3)c2C1=O. The zero-order valence-electron chi connectivity index (χ0n) is 23.2. The summed E-state index contributed by atoms with van der Waals surface area (Å²) in [6.45, 7) is 10.0. The maximum Gasteiger partial charge on any atom is 0.324 e. The molecule has 3 amide bonds. The van der Waals surface area contributed by atoms with Crippen LogP contribution in [0.2, 0.25) is 0 Å². The van der Waals surface area contributed by atoms with Gasteiger partial charge in [0.1, 0.15) is 17.0 Å². The molecule has 2 N–H and O–H groups in total. The number of carbonyl (C=O) groups is 2. The highest BCUT2D eigenvalue weighted by Gasteiger charge is 2.38. The van der Waals surface area contributed by atoms with Crippen molar-refractivity contribution in [1.82, 2.24) is 24.4 Å². The summed E-state index contributed by atoms with van der Waals surface area (Å²) >= 11 is 0. The third-order valence-electron chi connectivity index (χ3n) is 6.75. The number of hydrogen-bond acceptors (Lipinski definition) is 8. The highest BCUT2D eigenvalue weighted by atomic mass is 19.1. The second-order valence-electron chi connectivity index (χ2n) is 10.5. The molecular formula is C27H33FN8O4. The fourth-order valence-electron chi connectivity index (χ4n) is 4.81. The minimum Gasteiger partial charge on any atom is -0.469 e. The number of nitrogens with one attached hydrogen (secondary N) is 2. The normalized spacial score (nSPS) is 18.6. The number of carbonyl (C=O) groups excluding carboxylic acids is 2. The first-order chi connectivity index (χ1) is 19.0. The lowest BCUT2D eigenvalue weighted by molar-refractivity contribution is 0.0541. The number of hydrogen-bond donors (Lipinski definition) is 2. The molecule has 0 radical (unpaired) electrons. The van der Waals surface area contributed by atoms with Crippen molar-refractivity contribution in [3.63, 3.8) is 0 Å². The predicted octanol–water partition coefficient (Wildman–Crippen LogP) is 3.52. The number of nitrogens with zero attached hydrogens (tertiary/aromatic N) is 6. The van der Waals surface area contributed by atoms with Gasteiger partial charge in [-0.1, -0.05) is 6.07 Å². The van der Waals surface area contributed by atoms with E-state index in [0.717, 1.165) is 0 Å². The van der Waals surface area contributed by atoms with E-state index in [1.165, 1.54) is 18.5 Å². The van der Waals surface area contributed by atoms with Crippen LogP contribution in [0.4, 0.5) is 26.6 Å². The van der Waals surface area contributed by atoms with E-state index in [9.17, 15) is 9.59 Å². The van der Waals surface area contributed by atoms with Gasteiger partial charge in [0.2, 0.25) is 11.8 Å². The largest absolute Gasteiger partial charge is 0.469 e. The predicted molar refractivity (Wildman–Crippen MR) is 147 cm³/mol. The Morgan fingerprint density at radius 1 is 1.25 bits per heavy atom. The van der Waals surface area contributed by atoms with Crippen molar-refractivity contribution >= 4 is 29.4 Å². The number of amides is 3. The van der Waals surface area contributed by atoms with Gasteiger partial charge in [0, 0.05) is 31.9 Å². The van der Waals surface area contributed by atoms with Crippen LogP contribution in [-0.2, 0) is 11.8 Å². The lowest BCUT2D eigenvalue weighted by atomic mass is 10.0. The molecule has 40 heavy (non-hydrogen) atoms. The van der Waals surface area contributed by atoms with Crippen LogP contribution in [-0.4, -0.2) is 80.8 Å². The average Bonchev–Trinajstić information content (AvgIpc) is 3.27. The first-order valence-electron chi connectivity index (χ1n) is 13.1. The molecule has 0 aliphatic carbocycles. The molecule has 212 valence electrons. The van der Waals surface area contributed by atoms with Gasteiger partial charge in [0.25, 0.3) is 5.91 Å². The van der Waals surface area contributed by atoms with E-state index in [4.69, 9.17) is 19.4 Å². The third kappa shape index (κ3) is 5.55. The molecule has 13 heteroatoms. The summed E-state index contributed by atoms with van der Waals surface area (Å²) in [4.78, 5) is 43.3. The van der Waals surface area contributed by atoms with Gasteiger partial charge >= 0.3 is 6.03 Å². The number of halogens is 1. The lowest BCUT2D eigenvalue weighted by Crippen LogP contribution is -2.44. The molecule has 4 heterocycles. The molecule has 12 nitrogen and oxygen atoms in total. The van der Waals surface area contributed by atoms with E-state index in [1.807, 2.05) is 32.6 Å². The van der Waals surface area contributed by atoms with Gasteiger partial charge in [-0.25, -0.2) is 19.2 Å². The van der Waals surface area contributed by atoms with Crippen LogP contribution in [0.3, 0.4) is 0 Å². The summed E-state index contributed by atoms with van der Waals surface area (Å²) in [5, 5.41) is 5.05. The second-order valence-corrected chi connectivity index (χ2v) is 10.5. The minimum absolute atomic E-state index is 0.0118. The summed E-state index contributed by atoms with van der Waals surface area (Å²) in [7, 11) is 1.77. The van der Waals surface area contributed by atoms with Gasteiger partial charge in [-0.05, 0) is 39.8 Å². The highest BCUT2D eigenvalue weighted by Crippen LogP contribution is 2.37. The van der Waals surface area contributed by atoms with Crippen molar-refractivity contribution in [3.8, 4) is 17.1 Å². The van der Waals surface area contributed by atoms with E-state index < -0.39 is 17.4 Å². The number of rotatable bonds is 5. The summed E-state index contributed by atoms with van der Waals surface area (Å²) in [5.74, 6) is -0.140. The van der Waals surface area contributed by atoms with Crippen LogP contribution < -0.4 is 20.3 Å². The van der Waals surface area contributed by atoms with Crippen molar-refractivity contribution in [1.29, 1.82) is 0 Å². The highest BCUT2D eigenvalue weighted by molar-refractivity contribution is 6.03. The summed E-state index contributed by atoms with van der Waals surface area (Å²) in [6, 6.07) is 3.62. The van der Waals surface area contributed by atoms with E-state index in [-0.39, 0.29) is 34.8 Å². The average molecular weight is 553 g/mol. The summed E-state index contributed by atoms with van der Waals surface area (Å²) in [6.07, 6.45) is 3.15. The number of anilines is 3. The van der Waals surface area contributed by atoms with Gasteiger partial charge in [0.15, 0.2) is 5.82 Å². The molecule has 1 atom stereocenters. The van der Waals surface area contributed by atoms with Crippen LogP contribution in [0.15, 0.2) is 30.7 Å². The zero-order chi connectivity index (χ0) is 28.6. The number of morpholine rings is 1. The number of benzene rings is 1. The number of urea groups is 1. The lowest BCUT2D eigenvalue weighted by Gasteiger charge is -2.34. The summed E-state index contributed by atoms with van der Waals surface area (Å²) in [5.41, 5.74) is 0.0180. The van der Waals surface area contributed by atoms with E-state index in [2.05, 4.69) is 15.6 Å². The zero-order valence-corrected chi connectivity index (χ0v) is 23.2. The number of ether oxygens (including phenoxy) is 2. The Morgan fingerprint density at radius 3 is 2.73 bits per heavy atom. The molecule has 0 bridgehead atoms. The van der Waals surface area contributed by atoms with Gasteiger partial charge in [0.05, 0.1) is 43.5 Å². The molecule has 0 saturated carbocycles. The number of aromatic nitrogens is 4. The molecule has 1 aromatic carbocycles. The number of imidazole rings is 1. The standard InChI is InChI=1S/C27H33FN8O4/c1-6-35-14-27(3,4)40-23-21(24(35)37)22(32-25(33-23)36-9-10-39-13-16(36)2)17-7-8-19(18(28)11-17)30-26(38)31-20-12-34(5)15-29-20/h7-8,11-12,15-16H,6,9-10,13-14H2,1-5H3,(H2,30,31,38)/t16-/m0/s1. The Balaban J connectivity index is 1.55. The molecule has 2 aromatic heterocycles. The van der Waals surface area contributed by atoms with Crippen molar-refractivity contribution in [2.45, 2.75) is 39.3 Å².